The highest BCUT2D eigenvalue weighted by Gasteiger charge is 2.16. The molecule has 1 aromatic heterocycles. The summed E-state index contributed by atoms with van der Waals surface area (Å²) < 4.78 is 3.93. The first-order chi connectivity index (χ1) is 5.04. The largest absolute Gasteiger partial charge is 0.499 e. The van der Waals surface area contributed by atoms with Gasteiger partial charge in [0.05, 0.1) is 0 Å². The number of hydrogen-bond acceptors (Lipinski definition) is 6. The molecule has 0 aliphatic carbocycles. The Hall–Kier alpha value is -1.85. The van der Waals surface area contributed by atoms with Crippen LogP contribution >= 0.6 is 0 Å². The second-order valence-corrected chi connectivity index (χ2v) is 1.74. The molecule has 6 nitrogen and oxygen atoms in total. The van der Waals surface area contributed by atoms with Crippen LogP contribution in [0.3, 0.4) is 0 Å². The van der Waals surface area contributed by atoms with Gasteiger partial charge in [0, 0.05) is 0 Å². The van der Waals surface area contributed by atoms with E-state index in [0.29, 0.717) is 0 Å². The van der Waals surface area contributed by atoms with Crippen LogP contribution in [0.25, 0.3) is 0 Å². The highest BCUT2D eigenvalue weighted by atomic mass is 16.6. The summed E-state index contributed by atoms with van der Waals surface area (Å²) in [6.45, 7) is 0. The Morgan fingerprint density at radius 2 is 1.27 bits per heavy atom. The van der Waals surface area contributed by atoms with Gasteiger partial charge < -0.3 is 24.8 Å². The molecule has 0 bridgehead atoms. The number of aromatic hydroxyl groups is 4. The Balaban J connectivity index is 3.59. The summed E-state index contributed by atoms with van der Waals surface area (Å²) in [5.41, 5.74) is -1.29. The summed E-state index contributed by atoms with van der Waals surface area (Å²) >= 11 is 0. The summed E-state index contributed by atoms with van der Waals surface area (Å²) in [5, 5.41) is 34.2. The van der Waals surface area contributed by atoms with E-state index in [0.717, 1.165) is 0 Å². The zero-order valence-corrected chi connectivity index (χ0v) is 5.11. The monoisotopic (exact) mass is 160 g/mol. The van der Waals surface area contributed by atoms with Crippen molar-refractivity contribution < 1.29 is 24.8 Å². The normalized spacial score (nSPS) is 9.82. The molecule has 1 aromatic rings. The lowest BCUT2D eigenvalue weighted by Gasteiger charge is -1.97. The summed E-state index contributed by atoms with van der Waals surface area (Å²) in [6.07, 6.45) is 0. The molecule has 0 amide bonds. The van der Waals surface area contributed by atoms with Gasteiger partial charge in [-0.1, -0.05) is 0 Å². The molecular formula is C5H4O6. The predicted octanol–water partition coefficient (Wildman–Crippen LogP) is -0.538. The first-order valence-corrected chi connectivity index (χ1v) is 2.51. The van der Waals surface area contributed by atoms with Crippen molar-refractivity contribution in [3.8, 4) is 23.4 Å². The Labute approximate surface area is 59.6 Å². The predicted molar refractivity (Wildman–Crippen MR) is 31.6 cm³/mol. The van der Waals surface area contributed by atoms with E-state index < -0.39 is 28.8 Å². The minimum atomic E-state index is -1.29. The third kappa shape index (κ3) is 0.936. The van der Waals surface area contributed by atoms with Crippen molar-refractivity contribution in [2.75, 3.05) is 0 Å². The van der Waals surface area contributed by atoms with Crippen molar-refractivity contribution in [3.05, 3.63) is 10.2 Å². The van der Waals surface area contributed by atoms with E-state index in [1.165, 1.54) is 0 Å². The van der Waals surface area contributed by atoms with Gasteiger partial charge in [-0.05, 0) is 0 Å². The van der Waals surface area contributed by atoms with Gasteiger partial charge in [-0.2, -0.15) is 0 Å². The standard InChI is InChI=1S/C5H4O6/c6-1-2(7)4(9)11-5(10)3(1)8/h7-10H. The molecule has 11 heavy (non-hydrogen) atoms. The molecule has 0 aliphatic rings. The lowest BCUT2D eigenvalue weighted by atomic mass is 10.4. The highest BCUT2D eigenvalue weighted by molar-refractivity contribution is 5.39. The van der Waals surface area contributed by atoms with Crippen LogP contribution in [0.15, 0.2) is 9.21 Å². The zero-order valence-electron chi connectivity index (χ0n) is 5.11. The molecule has 0 aromatic carbocycles. The number of rotatable bonds is 0. The molecule has 0 fully saturated rings. The maximum atomic E-state index is 10.5. The molecule has 4 N–H and O–H groups in total. The van der Waals surface area contributed by atoms with Gasteiger partial charge in [-0.15, -0.1) is 0 Å². The van der Waals surface area contributed by atoms with Crippen molar-refractivity contribution in [2.24, 2.45) is 0 Å². The van der Waals surface area contributed by atoms with Crippen LogP contribution in [0.5, 0.6) is 23.4 Å². The second-order valence-electron chi connectivity index (χ2n) is 1.74. The number of hydrogen-bond donors (Lipinski definition) is 4. The SMILES string of the molecule is O=c1c(O)c(O)oc(O)c1O. The molecule has 0 aliphatic heterocycles. The van der Waals surface area contributed by atoms with E-state index in [9.17, 15) is 4.79 Å². The maximum Gasteiger partial charge on any atom is 0.333 e. The summed E-state index contributed by atoms with van der Waals surface area (Å²) in [7, 11) is 0. The van der Waals surface area contributed by atoms with Crippen molar-refractivity contribution in [2.45, 2.75) is 0 Å². The van der Waals surface area contributed by atoms with Crippen LogP contribution in [-0.4, -0.2) is 20.4 Å². The van der Waals surface area contributed by atoms with Crippen LogP contribution in [0, 0.1) is 0 Å². The second kappa shape index (κ2) is 2.08. The summed E-state index contributed by atoms with van der Waals surface area (Å²) in [4.78, 5) is 10.5. The van der Waals surface area contributed by atoms with Crippen LogP contribution in [0.2, 0.25) is 0 Å². The van der Waals surface area contributed by atoms with E-state index in [1.807, 2.05) is 0 Å². The van der Waals surface area contributed by atoms with Gasteiger partial charge in [0.2, 0.25) is 11.5 Å². The fraction of sp³-hybridized carbons (Fsp3) is 0. The molecule has 0 saturated heterocycles. The molecule has 1 heterocycles. The fourth-order valence-corrected chi connectivity index (χ4v) is 0.495. The van der Waals surface area contributed by atoms with Gasteiger partial charge in [-0.25, -0.2) is 0 Å². The van der Waals surface area contributed by atoms with E-state index in [1.54, 1.807) is 0 Å². The third-order valence-corrected chi connectivity index (χ3v) is 1.03. The first-order valence-electron chi connectivity index (χ1n) is 2.51. The Morgan fingerprint density at radius 1 is 0.909 bits per heavy atom. The van der Waals surface area contributed by atoms with Gasteiger partial charge in [0.1, 0.15) is 0 Å². The van der Waals surface area contributed by atoms with E-state index in [2.05, 4.69) is 4.42 Å². The van der Waals surface area contributed by atoms with Crippen molar-refractivity contribution in [3.63, 3.8) is 0 Å². The smallest absolute Gasteiger partial charge is 0.333 e. The van der Waals surface area contributed by atoms with Gasteiger partial charge in [0.15, 0.2) is 0 Å². The molecule has 60 valence electrons. The molecular weight excluding hydrogens is 156 g/mol. The maximum absolute atomic E-state index is 10.5. The quantitative estimate of drug-likeness (QED) is 0.405. The lowest BCUT2D eigenvalue weighted by Crippen LogP contribution is -1.98. The fourth-order valence-electron chi connectivity index (χ4n) is 0.495. The molecule has 0 radical (unpaired) electrons. The molecule has 0 spiro atoms. The Bertz CT molecular complexity index is 308. The van der Waals surface area contributed by atoms with Gasteiger partial charge in [0.25, 0.3) is 5.43 Å². The Kier molecular flexibility index (Phi) is 1.37. The van der Waals surface area contributed by atoms with Gasteiger partial charge in [-0.3, -0.25) is 4.79 Å². The summed E-state index contributed by atoms with van der Waals surface area (Å²) in [5.74, 6) is -4.55. The van der Waals surface area contributed by atoms with Gasteiger partial charge >= 0.3 is 11.9 Å². The average molecular weight is 160 g/mol. The minimum absolute atomic E-state index is 1.13. The highest BCUT2D eigenvalue weighted by Crippen LogP contribution is 2.30. The van der Waals surface area contributed by atoms with E-state index in [-0.39, 0.29) is 0 Å². The van der Waals surface area contributed by atoms with Crippen LogP contribution in [0.4, 0.5) is 0 Å². The van der Waals surface area contributed by atoms with Crippen molar-refractivity contribution in [1.29, 1.82) is 0 Å². The Morgan fingerprint density at radius 3 is 1.64 bits per heavy atom. The van der Waals surface area contributed by atoms with E-state index >= 15 is 0 Å². The third-order valence-electron chi connectivity index (χ3n) is 1.03. The van der Waals surface area contributed by atoms with Crippen molar-refractivity contribution in [1.82, 2.24) is 0 Å². The topological polar surface area (TPSA) is 111 Å². The lowest BCUT2D eigenvalue weighted by molar-refractivity contribution is 0.218. The van der Waals surface area contributed by atoms with E-state index in [4.69, 9.17) is 20.4 Å². The van der Waals surface area contributed by atoms with Crippen LogP contribution < -0.4 is 5.43 Å². The zero-order chi connectivity index (χ0) is 8.59. The van der Waals surface area contributed by atoms with Crippen LogP contribution in [-0.2, 0) is 0 Å². The average Bonchev–Trinajstić information content (AvgIpc) is 1.97. The molecule has 0 atom stereocenters. The van der Waals surface area contributed by atoms with Crippen LogP contribution in [0.1, 0.15) is 0 Å². The molecule has 6 heteroatoms. The molecule has 0 saturated carbocycles. The van der Waals surface area contributed by atoms with Crippen molar-refractivity contribution >= 4 is 0 Å². The molecule has 0 unspecified atom stereocenters. The minimum Gasteiger partial charge on any atom is -0.499 e. The summed E-state index contributed by atoms with van der Waals surface area (Å²) in [6, 6.07) is 0. The molecule has 1 rings (SSSR count). The first kappa shape index (κ1) is 7.26.